The largest absolute Gasteiger partial charge is 0.365 e. The van der Waals surface area contributed by atoms with Gasteiger partial charge in [0.15, 0.2) is 5.82 Å². The molecule has 0 saturated heterocycles. The summed E-state index contributed by atoms with van der Waals surface area (Å²) in [5.74, 6) is -1.01. The van der Waals surface area contributed by atoms with E-state index >= 15 is 0 Å². The number of hydrogen-bond donors (Lipinski definition) is 2. The third-order valence-corrected chi connectivity index (χ3v) is 3.38. The first-order chi connectivity index (χ1) is 11.5. The van der Waals surface area contributed by atoms with Crippen molar-refractivity contribution in [1.29, 1.82) is 0 Å². The first-order valence-corrected chi connectivity index (χ1v) is 7.22. The van der Waals surface area contributed by atoms with Crippen molar-refractivity contribution in [2.75, 3.05) is 5.32 Å². The molecule has 120 valence electrons. The van der Waals surface area contributed by atoms with E-state index in [9.17, 15) is 9.59 Å². The standard InChI is InChI=1S/C17H15N5O2/c1-22-10-12(15(18)23)16(21-22)20-17(24)14-9-5-8-13(19-14)11-6-3-2-4-7-11/h2-10H,1H3,(H2,18,23)(H,20,21,24). The molecule has 2 heterocycles. The number of nitrogens with two attached hydrogens (primary N) is 1. The second-order valence-electron chi connectivity index (χ2n) is 5.16. The van der Waals surface area contributed by atoms with Crippen molar-refractivity contribution in [2.45, 2.75) is 0 Å². The number of amides is 2. The number of primary amides is 1. The van der Waals surface area contributed by atoms with E-state index < -0.39 is 11.8 Å². The molecule has 0 aliphatic carbocycles. The van der Waals surface area contributed by atoms with Crippen LogP contribution in [0.25, 0.3) is 11.3 Å². The van der Waals surface area contributed by atoms with Gasteiger partial charge in [0, 0.05) is 18.8 Å². The molecular formula is C17H15N5O2. The first-order valence-electron chi connectivity index (χ1n) is 7.22. The molecule has 0 unspecified atom stereocenters. The van der Waals surface area contributed by atoms with Crippen molar-refractivity contribution in [2.24, 2.45) is 12.8 Å². The van der Waals surface area contributed by atoms with E-state index in [1.54, 1.807) is 19.2 Å². The molecule has 0 spiro atoms. The zero-order valence-electron chi connectivity index (χ0n) is 12.9. The van der Waals surface area contributed by atoms with Crippen molar-refractivity contribution in [3.8, 4) is 11.3 Å². The average Bonchev–Trinajstić information content (AvgIpc) is 2.96. The van der Waals surface area contributed by atoms with Crippen LogP contribution in [0.4, 0.5) is 5.82 Å². The van der Waals surface area contributed by atoms with E-state index in [1.807, 2.05) is 36.4 Å². The molecule has 1 aromatic carbocycles. The third-order valence-electron chi connectivity index (χ3n) is 3.38. The molecule has 3 rings (SSSR count). The molecule has 3 aromatic rings. The number of carbonyl (C=O) groups is 2. The van der Waals surface area contributed by atoms with Crippen LogP contribution in [-0.4, -0.2) is 26.6 Å². The molecule has 0 radical (unpaired) electrons. The Morgan fingerprint density at radius 3 is 2.54 bits per heavy atom. The summed E-state index contributed by atoms with van der Waals surface area (Å²) in [5, 5.41) is 6.61. The van der Waals surface area contributed by atoms with Gasteiger partial charge in [-0.25, -0.2) is 4.98 Å². The SMILES string of the molecule is Cn1cc(C(N)=O)c(NC(=O)c2cccc(-c3ccccc3)n2)n1. The maximum absolute atomic E-state index is 12.4. The number of nitrogens with zero attached hydrogens (tertiary/aromatic N) is 3. The van der Waals surface area contributed by atoms with Gasteiger partial charge in [-0.2, -0.15) is 5.10 Å². The molecule has 0 saturated carbocycles. The summed E-state index contributed by atoms with van der Waals surface area (Å²) in [7, 11) is 1.64. The molecular weight excluding hydrogens is 306 g/mol. The number of pyridine rings is 1. The van der Waals surface area contributed by atoms with E-state index in [0.29, 0.717) is 5.69 Å². The molecule has 7 heteroatoms. The molecule has 0 aliphatic rings. The fraction of sp³-hybridized carbons (Fsp3) is 0.0588. The van der Waals surface area contributed by atoms with E-state index in [4.69, 9.17) is 5.73 Å². The number of benzene rings is 1. The molecule has 0 atom stereocenters. The topological polar surface area (TPSA) is 103 Å². The number of carbonyl (C=O) groups excluding carboxylic acids is 2. The number of aromatic nitrogens is 3. The predicted molar refractivity (Wildman–Crippen MR) is 89.4 cm³/mol. The molecule has 0 fully saturated rings. The number of hydrogen-bond acceptors (Lipinski definition) is 4. The summed E-state index contributed by atoms with van der Waals surface area (Å²) in [6.45, 7) is 0. The van der Waals surface area contributed by atoms with Crippen LogP contribution in [0.2, 0.25) is 0 Å². The van der Waals surface area contributed by atoms with Crippen molar-refractivity contribution >= 4 is 17.6 Å². The van der Waals surface area contributed by atoms with Gasteiger partial charge in [-0.1, -0.05) is 36.4 Å². The number of anilines is 1. The lowest BCUT2D eigenvalue weighted by atomic mass is 10.1. The van der Waals surface area contributed by atoms with Gasteiger partial charge in [0.1, 0.15) is 11.3 Å². The highest BCUT2D eigenvalue weighted by Crippen LogP contribution is 2.18. The second-order valence-corrected chi connectivity index (χ2v) is 5.16. The van der Waals surface area contributed by atoms with Crippen LogP contribution < -0.4 is 11.1 Å². The van der Waals surface area contributed by atoms with Crippen molar-refractivity contribution in [3.63, 3.8) is 0 Å². The van der Waals surface area contributed by atoms with Gasteiger partial charge >= 0.3 is 0 Å². The maximum Gasteiger partial charge on any atom is 0.275 e. The minimum atomic E-state index is -0.663. The van der Waals surface area contributed by atoms with Crippen LogP contribution in [0.5, 0.6) is 0 Å². The minimum Gasteiger partial charge on any atom is -0.365 e. The van der Waals surface area contributed by atoms with Gasteiger partial charge in [-0.3, -0.25) is 14.3 Å². The summed E-state index contributed by atoms with van der Waals surface area (Å²) >= 11 is 0. The Balaban J connectivity index is 1.88. The van der Waals surface area contributed by atoms with Crippen LogP contribution in [0.1, 0.15) is 20.8 Å². The molecule has 7 nitrogen and oxygen atoms in total. The zero-order valence-corrected chi connectivity index (χ0v) is 12.9. The Morgan fingerprint density at radius 1 is 1.08 bits per heavy atom. The minimum absolute atomic E-state index is 0.113. The third kappa shape index (κ3) is 3.14. The Bertz CT molecular complexity index is 902. The van der Waals surface area contributed by atoms with Gasteiger partial charge in [0.2, 0.25) is 0 Å². The van der Waals surface area contributed by atoms with Gasteiger partial charge in [-0.15, -0.1) is 0 Å². The Labute approximate surface area is 138 Å². The van der Waals surface area contributed by atoms with Crippen molar-refractivity contribution < 1.29 is 9.59 Å². The van der Waals surface area contributed by atoms with Gasteiger partial charge in [0.25, 0.3) is 11.8 Å². The fourth-order valence-corrected chi connectivity index (χ4v) is 2.26. The lowest BCUT2D eigenvalue weighted by Gasteiger charge is -2.05. The Kier molecular flexibility index (Phi) is 4.07. The number of rotatable bonds is 4. The summed E-state index contributed by atoms with van der Waals surface area (Å²) in [5.41, 5.74) is 7.23. The lowest BCUT2D eigenvalue weighted by Crippen LogP contribution is -2.18. The maximum atomic E-state index is 12.4. The Hall–Kier alpha value is -3.48. The fourth-order valence-electron chi connectivity index (χ4n) is 2.26. The number of nitrogens with one attached hydrogen (secondary N) is 1. The zero-order chi connectivity index (χ0) is 17.1. The summed E-state index contributed by atoms with van der Waals surface area (Å²) in [4.78, 5) is 28.2. The van der Waals surface area contributed by atoms with Crippen LogP contribution in [-0.2, 0) is 7.05 Å². The van der Waals surface area contributed by atoms with Gasteiger partial charge in [-0.05, 0) is 12.1 Å². The molecule has 24 heavy (non-hydrogen) atoms. The highest BCUT2D eigenvalue weighted by molar-refractivity contribution is 6.07. The van der Waals surface area contributed by atoms with Crippen LogP contribution in [0, 0.1) is 0 Å². The average molecular weight is 321 g/mol. The highest BCUT2D eigenvalue weighted by Gasteiger charge is 2.17. The summed E-state index contributed by atoms with van der Waals surface area (Å²) < 4.78 is 1.41. The smallest absolute Gasteiger partial charge is 0.275 e. The molecule has 2 amide bonds. The van der Waals surface area contributed by atoms with Gasteiger partial charge < -0.3 is 11.1 Å². The molecule has 3 N–H and O–H groups in total. The van der Waals surface area contributed by atoms with Crippen LogP contribution in [0.15, 0.2) is 54.7 Å². The molecule has 0 aliphatic heterocycles. The van der Waals surface area contributed by atoms with E-state index in [1.165, 1.54) is 10.9 Å². The lowest BCUT2D eigenvalue weighted by molar-refractivity contribution is 0.100. The van der Waals surface area contributed by atoms with E-state index in [0.717, 1.165) is 5.56 Å². The Morgan fingerprint density at radius 2 is 1.83 bits per heavy atom. The highest BCUT2D eigenvalue weighted by atomic mass is 16.2. The van der Waals surface area contributed by atoms with Crippen LogP contribution >= 0.6 is 0 Å². The summed E-state index contributed by atoms with van der Waals surface area (Å²) in [6.07, 6.45) is 1.45. The normalized spacial score (nSPS) is 10.4. The quantitative estimate of drug-likeness (QED) is 0.765. The van der Waals surface area contributed by atoms with Crippen molar-refractivity contribution in [1.82, 2.24) is 14.8 Å². The second kappa shape index (κ2) is 6.33. The first kappa shape index (κ1) is 15.4. The van der Waals surface area contributed by atoms with E-state index in [-0.39, 0.29) is 17.1 Å². The molecule has 0 bridgehead atoms. The summed E-state index contributed by atoms with van der Waals surface area (Å²) in [6, 6.07) is 14.7. The van der Waals surface area contributed by atoms with E-state index in [2.05, 4.69) is 15.4 Å². The van der Waals surface area contributed by atoms with Gasteiger partial charge in [0.05, 0.1) is 5.69 Å². The van der Waals surface area contributed by atoms with Crippen LogP contribution in [0.3, 0.4) is 0 Å². The predicted octanol–water partition coefficient (Wildman–Crippen LogP) is 1.83. The number of aryl methyl sites for hydroxylation is 1. The molecule has 2 aromatic heterocycles. The van der Waals surface area contributed by atoms with Crippen molar-refractivity contribution in [3.05, 3.63) is 66.0 Å². The monoisotopic (exact) mass is 321 g/mol.